The predicted octanol–water partition coefficient (Wildman–Crippen LogP) is 4.15. The quantitative estimate of drug-likeness (QED) is 0.772. The molecular weight excluding hydrogens is 267 g/mol. The molecule has 0 bridgehead atoms. The molecule has 1 unspecified atom stereocenters. The lowest BCUT2D eigenvalue weighted by atomic mass is 10.0. The Labute approximate surface area is 114 Å². The average Bonchev–Trinajstić information content (AvgIpc) is 3.22. The molecule has 3 rings (SSSR count). The van der Waals surface area contributed by atoms with Crippen LogP contribution in [0, 0.1) is 6.92 Å². The molecule has 1 aromatic carbocycles. The molecule has 0 radical (unpaired) electrons. The normalized spacial score (nSPS) is 18.1. The summed E-state index contributed by atoms with van der Waals surface area (Å²) in [5, 5.41) is 0. The van der Waals surface area contributed by atoms with Gasteiger partial charge in [-0.2, -0.15) is 13.2 Å². The van der Waals surface area contributed by atoms with Crippen molar-refractivity contribution >= 4 is 0 Å². The number of benzene rings is 1. The summed E-state index contributed by atoms with van der Waals surface area (Å²) in [5.74, 6) is 0. The van der Waals surface area contributed by atoms with Gasteiger partial charge in [0.1, 0.15) is 11.8 Å². The van der Waals surface area contributed by atoms with Gasteiger partial charge in [0.2, 0.25) is 0 Å². The summed E-state index contributed by atoms with van der Waals surface area (Å²) in [6, 6.07) is 9.98. The van der Waals surface area contributed by atoms with E-state index in [0.29, 0.717) is 23.4 Å². The van der Waals surface area contributed by atoms with Gasteiger partial charge in [-0.1, -0.05) is 29.8 Å². The number of pyridine rings is 1. The molecule has 20 heavy (non-hydrogen) atoms. The lowest BCUT2D eigenvalue weighted by molar-refractivity contribution is -0.141. The van der Waals surface area contributed by atoms with E-state index in [1.807, 2.05) is 19.1 Å². The van der Waals surface area contributed by atoms with Crippen molar-refractivity contribution < 1.29 is 17.9 Å². The zero-order valence-corrected chi connectivity index (χ0v) is 10.7. The van der Waals surface area contributed by atoms with E-state index in [4.69, 9.17) is 4.74 Å². The van der Waals surface area contributed by atoms with Gasteiger partial charge in [-0.25, -0.2) is 4.98 Å². The molecule has 2 heterocycles. The van der Waals surface area contributed by atoms with Gasteiger partial charge < -0.3 is 4.74 Å². The van der Waals surface area contributed by atoms with Crippen molar-refractivity contribution in [3.05, 3.63) is 53.2 Å². The Kier molecular flexibility index (Phi) is 3.01. The van der Waals surface area contributed by atoms with Crippen LogP contribution < -0.4 is 0 Å². The highest BCUT2D eigenvalue weighted by molar-refractivity contribution is 5.61. The monoisotopic (exact) mass is 279 g/mol. The number of aromatic nitrogens is 1. The molecule has 0 aliphatic carbocycles. The van der Waals surface area contributed by atoms with Gasteiger partial charge >= 0.3 is 6.18 Å². The van der Waals surface area contributed by atoms with Crippen molar-refractivity contribution in [2.75, 3.05) is 6.61 Å². The fourth-order valence-electron chi connectivity index (χ4n) is 2.00. The molecule has 1 atom stereocenters. The first kappa shape index (κ1) is 13.1. The summed E-state index contributed by atoms with van der Waals surface area (Å²) >= 11 is 0. The Bertz CT molecular complexity index is 631. The van der Waals surface area contributed by atoms with Crippen molar-refractivity contribution in [2.24, 2.45) is 0 Å². The van der Waals surface area contributed by atoms with Gasteiger partial charge in [-0.3, -0.25) is 0 Å². The summed E-state index contributed by atoms with van der Waals surface area (Å²) in [6.45, 7) is 2.39. The van der Waals surface area contributed by atoms with E-state index in [9.17, 15) is 13.2 Å². The lowest BCUT2D eigenvalue weighted by Gasteiger charge is -2.10. The van der Waals surface area contributed by atoms with Crippen LogP contribution in [-0.4, -0.2) is 11.6 Å². The molecule has 2 nitrogen and oxygen atoms in total. The minimum atomic E-state index is -4.45. The van der Waals surface area contributed by atoms with Gasteiger partial charge in [-0.05, 0) is 24.6 Å². The van der Waals surface area contributed by atoms with E-state index in [1.165, 1.54) is 0 Å². The Hall–Kier alpha value is -1.88. The maximum Gasteiger partial charge on any atom is 0.433 e. The molecule has 1 fully saturated rings. The van der Waals surface area contributed by atoms with Gasteiger partial charge in [0.15, 0.2) is 0 Å². The van der Waals surface area contributed by atoms with E-state index >= 15 is 0 Å². The number of halogens is 3. The second kappa shape index (κ2) is 4.59. The largest absolute Gasteiger partial charge is 0.433 e. The smallest absolute Gasteiger partial charge is 0.368 e. The van der Waals surface area contributed by atoms with Crippen LogP contribution in [0.15, 0.2) is 36.4 Å². The highest BCUT2D eigenvalue weighted by Crippen LogP contribution is 2.36. The molecule has 1 saturated heterocycles. The second-order valence-corrected chi connectivity index (χ2v) is 4.86. The number of aryl methyl sites for hydroxylation is 1. The number of rotatable bonds is 2. The topological polar surface area (TPSA) is 25.4 Å². The van der Waals surface area contributed by atoms with Gasteiger partial charge in [0, 0.05) is 5.56 Å². The van der Waals surface area contributed by atoms with Crippen LogP contribution in [0.5, 0.6) is 0 Å². The van der Waals surface area contributed by atoms with Crippen LogP contribution >= 0.6 is 0 Å². The van der Waals surface area contributed by atoms with E-state index in [0.717, 1.165) is 11.6 Å². The molecule has 5 heteroatoms. The number of alkyl halides is 3. The van der Waals surface area contributed by atoms with Crippen molar-refractivity contribution in [3.8, 4) is 11.3 Å². The van der Waals surface area contributed by atoms with Crippen molar-refractivity contribution in [3.63, 3.8) is 0 Å². The standard InChI is InChI=1S/C15H12F3NO/c1-9-2-4-10(5-3-9)12-6-11(13-8-20-13)7-14(19-12)15(16,17)18/h2-7,13H,8H2,1H3. The molecule has 2 aromatic rings. The first-order valence-corrected chi connectivity index (χ1v) is 6.21. The van der Waals surface area contributed by atoms with Crippen LogP contribution in [0.4, 0.5) is 13.2 Å². The molecule has 1 aliphatic rings. The third-order valence-electron chi connectivity index (χ3n) is 3.19. The predicted molar refractivity (Wildman–Crippen MR) is 68.1 cm³/mol. The minimum absolute atomic E-state index is 0.233. The number of nitrogens with zero attached hydrogens (tertiary/aromatic N) is 1. The van der Waals surface area contributed by atoms with Crippen molar-refractivity contribution in [1.29, 1.82) is 0 Å². The maximum atomic E-state index is 12.9. The average molecular weight is 279 g/mol. The molecule has 0 amide bonds. The highest BCUT2D eigenvalue weighted by atomic mass is 19.4. The molecule has 0 spiro atoms. The summed E-state index contributed by atoms with van der Waals surface area (Å²) in [6.07, 6.45) is -4.69. The van der Waals surface area contributed by atoms with Gasteiger partial charge in [0.25, 0.3) is 0 Å². The number of hydrogen-bond donors (Lipinski definition) is 0. The molecule has 0 N–H and O–H groups in total. The SMILES string of the molecule is Cc1ccc(-c2cc(C3CO3)cc(C(F)(F)F)n2)cc1. The highest BCUT2D eigenvalue weighted by Gasteiger charge is 2.35. The van der Waals surface area contributed by atoms with Crippen LogP contribution in [0.2, 0.25) is 0 Å². The zero-order chi connectivity index (χ0) is 14.3. The Morgan fingerprint density at radius 3 is 2.35 bits per heavy atom. The van der Waals surface area contributed by atoms with E-state index in [1.54, 1.807) is 18.2 Å². The lowest BCUT2D eigenvalue weighted by Crippen LogP contribution is -2.09. The van der Waals surface area contributed by atoms with E-state index in [-0.39, 0.29) is 6.10 Å². The minimum Gasteiger partial charge on any atom is -0.368 e. The molecule has 1 aliphatic heterocycles. The van der Waals surface area contributed by atoms with E-state index < -0.39 is 11.9 Å². The van der Waals surface area contributed by atoms with Gasteiger partial charge in [-0.15, -0.1) is 0 Å². The first-order chi connectivity index (χ1) is 9.43. The number of hydrogen-bond acceptors (Lipinski definition) is 2. The summed E-state index contributed by atoms with van der Waals surface area (Å²) in [5.41, 5.74) is 1.70. The van der Waals surface area contributed by atoms with Crippen LogP contribution in [-0.2, 0) is 10.9 Å². The first-order valence-electron chi connectivity index (χ1n) is 6.21. The Morgan fingerprint density at radius 1 is 1.15 bits per heavy atom. The summed E-state index contributed by atoms with van der Waals surface area (Å²) in [7, 11) is 0. The van der Waals surface area contributed by atoms with Crippen LogP contribution in [0.1, 0.15) is 22.9 Å². The molecule has 104 valence electrons. The third-order valence-corrected chi connectivity index (χ3v) is 3.19. The van der Waals surface area contributed by atoms with E-state index in [2.05, 4.69) is 4.98 Å². The maximum absolute atomic E-state index is 12.9. The number of ether oxygens (including phenoxy) is 1. The summed E-state index contributed by atoms with van der Waals surface area (Å²) in [4.78, 5) is 3.73. The third kappa shape index (κ3) is 2.67. The molecule has 0 saturated carbocycles. The summed E-state index contributed by atoms with van der Waals surface area (Å²) < 4.78 is 43.8. The van der Waals surface area contributed by atoms with Crippen molar-refractivity contribution in [2.45, 2.75) is 19.2 Å². The Balaban J connectivity index is 2.09. The zero-order valence-electron chi connectivity index (χ0n) is 10.7. The Morgan fingerprint density at radius 2 is 1.80 bits per heavy atom. The van der Waals surface area contributed by atoms with Gasteiger partial charge in [0.05, 0.1) is 12.3 Å². The fourth-order valence-corrected chi connectivity index (χ4v) is 2.00. The fraction of sp³-hybridized carbons (Fsp3) is 0.267. The van der Waals surface area contributed by atoms with Crippen molar-refractivity contribution in [1.82, 2.24) is 4.98 Å². The van der Waals surface area contributed by atoms with Crippen LogP contribution in [0.25, 0.3) is 11.3 Å². The van der Waals surface area contributed by atoms with Crippen LogP contribution in [0.3, 0.4) is 0 Å². The second-order valence-electron chi connectivity index (χ2n) is 4.86. The number of epoxide rings is 1. The molecule has 1 aromatic heterocycles. The molecular formula is C15H12F3NO.